The van der Waals surface area contributed by atoms with E-state index in [0.29, 0.717) is 29.5 Å². The summed E-state index contributed by atoms with van der Waals surface area (Å²) in [6.45, 7) is 5.95. The molecule has 4 nitrogen and oxygen atoms in total. The van der Waals surface area contributed by atoms with Gasteiger partial charge in [-0.25, -0.2) is 0 Å². The summed E-state index contributed by atoms with van der Waals surface area (Å²) in [6, 6.07) is 12.4. The first kappa shape index (κ1) is 18.9. The summed E-state index contributed by atoms with van der Waals surface area (Å²) in [7, 11) is 0. The Kier molecular flexibility index (Phi) is 6.48. The minimum absolute atomic E-state index is 0.0653. The first-order valence-corrected chi connectivity index (χ1v) is 8.56. The van der Waals surface area contributed by atoms with Gasteiger partial charge in [0.15, 0.2) is 5.78 Å². The smallest absolute Gasteiger partial charge is 0.252 e. The molecular formula is C21H25NO3. The second-order valence-electron chi connectivity index (χ2n) is 6.41. The van der Waals surface area contributed by atoms with Crippen LogP contribution in [-0.4, -0.2) is 29.4 Å². The highest BCUT2D eigenvalue weighted by Crippen LogP contribution is 2.18. The zero-order valence-corrected chi connectivity index (χ0v) is 15.0. The number of amides is 1. The van der Waals surface area contributed by atoms with E-state index in [1.54, 1.807) is 30.3 Å². The Morgan fingerprint density at radius 1 is 1.04 bits per heavy atom. The monoisotopic (exact) mass is 339 g/mol. The van der Waals surface area contributed by atoms with Gasteiger partial charge in [0.05, 0.1) is 5.56 Å². The number of carbonyl (C=O) groups excluding carboxylic acids is 2. The molecule has 2 rings (SSSR count). The van der Waals surface area contributed by atoms with E-state index in [4.69, 9.17) is 5.11 Å². The zero-order chi connectivity index (χ0) is 18.4. The van der Waals surface area contributed by atoms with Gasteiger partial charge in [-0.15, -0.1) is 0 Å². The van der Waals surface area contributed by atoms with Gasteiger partial charge in [0, 0.05) is 23.8 Å². The van der Waals surface area contributed by atoms with Gasteiger partial charge in [-0.1, -0.05) is 30.3 Å². The van der Waals surface area contributed by atoms with Crippen molar-refractivity contribution in [1.82, 2.24) is 5.32 Å². The molecule has 0 aliphatic carbocycles. The van der Waals surface area contributed by atoms with Crippen LogP contribution in [0.25, 0.3) is 0 Å². The first-order valence-electron chi connectivity index (χ1n) is 8.56. The standard InChI is InChI=1S/C21H25NO3/c1-14-10-11-17(13-15(14)2)20(24)18-8-4-5-9-19(18)21(25)22-16(3)7-6-12-23/h4-5,8-11,13,16,23H,6-7,12H2,1-3H3,(H,22,25). The van der Waals surface area contributed by atoms with Gasteiger partial charge in [0.1, 0.15) is 0 Å². The number of hydrogen-bond acceptors (Lipinski definition) is 3. The number of carbonyl (C=O) groups is 2. The molecule has 1 atom stereocenters. The van der Waals surface area contributed by atoms with E-state index in [-0.39, 0.29) is 24.3 Å². The number of hydrogen-bond donors (Lipinski definition) is 2. The Labute approximate surface area is 148 Å². The highest BCUT2D eigenvalue weighted by molar-refractivity contribution is 6.15. The largest absolute Gasteiger partial charge is 0.396 e. The predicted molar refractivity (Wildman–Crippen MR) is 99.0 cm³/mol. The normalized spacial score (nSPS) is 11.8. The Bertz CT molecular complexity index is 767. The van der Waals surface area contributed by atoms with Gasteiger partial charge < -0.3 is 10.4 Å². The highest BCUT2D eigenvalue weighted by Gasteiger charge is 2.19. The molecule has 0 saturated heterocycles. The summed E-state index contributed by atoms with van der Waals surface area (Å²) in [5.74, 6) is -0.421. The van der Waals surface area contributed by atoms with E-state index in [2.05, 4.69) is 5.32 Å². The van der Waals surface area contributed by atoms with Crippen molar-refractivity contribution in [2.45, 2.75) is 39.7 Å². The van der Waals surface area contributed by atoms with Gasteiger partial charge in [0.2, 0.25) is 0 Å². The summed E-state index contributed by atoms with van der Waals surface area (Å²) in [5.41, 5.74) is 3.53. The lowest BCUT2D eigenvalue weighted by molar-refractivity contribution is 0.0926. The van der Waals surface area contributed by atoms with Crippen LogP contribution in [-0.2, 0) is 0 Å². The number of benzene rings is 2. The molecule has 1 unspecified atom stereocenters. The molecule has 0 fully saturated rings. The Hall–Kier alpha value is -2.46. The number of ketones is 1. The molecule has 25 heavy (non-hydrogen) atoms. The molecular weight excluding hydrogens is 314 g/mol. The van der Waals surface area contributed by atoms with Crippen LogP contribution in [0.2, 0.25) is 0 Å². The van der Waals surface area contributed by atoms with Crippen LogP contribution in [0.1, 0.15) is 57.2 Å². The molecule has 2 aromatic rings. The average molecular weight is 339 g/mol. The highest BCUT2D eigenvalue weighted by atomic mass is 16.3. The average Bonchev–Trinajstić information content (AvgIpc) is 2.61. The molecule has 2 aromatic carbocycles. The van der Waals surface area contributed by atoms with E-state index in [0.717, 1.165) is 11.1 Å². The first-order chi connectivity index (χ1) is 11.9. The van der Waals surface area contributed by atoms with Crippen LogP contribution in [0, 0.1) is 13.8 Å². The van der Waals surface area contributed by atoms with E-state index in [9.17, 15) is 9.59 Å². The molecule has 0 aliphatic heterocycles. The number of rotatable bonds is 7. The maximum Gasteiger partial charge on any atom is 0.252 e. The molecule has 4 heteroatoms. The molecule has 0 radical (unpaired) electrons. The summed E-state index contributed by atoms with van der Waals surface area (Å²) in [4.78, 5) is 25.4. The summed E-state index contributed by atoms with van der Waals surface area (Å²) >= 11 is 0. The molecule has 0 heterocycles. The van der Waals surface area contributed by atoms with Crippen molar-refractivity contribution < 1.29 is 14.7 Å². The fourth-order valence-electron chi connectivity index (χ4n) is 2.69. The summed E-state index contributed by atoms with van der Waals surface area (Å²) in [5, 5.41) is 11.8. The quantitative estimate of drug-likeness (QED) is 0.760. The van der Waals surface area contributed by atoms with Crippen LogP contribution >= 0.6 is 0 Å². The van der Waals surface area contributed by atoms with Crippen molar-refractivity contribution in [2.24, 2.45) is 0 Å². The van der Waals surface area contributed by atoms with Crippen molar-refractivity contribution in [1.29, 1.82) is 0 Å². The number of aryl methyl sites for hydroxylation is 2. The van der Waals surface area contributed by atoms with Gasteiger partial charge in [-0.2, -0.15) is 0 Å². The van der Waals surface area contributed by atoms with E-state index in [1.165, 1.54) is 0 Å². The van der Waals surface area contributed by atoms with Crippen LogP contribution in [0.15, 0.2) is 42.5 Å². The second-order valence-corrected chi connectivity index (χ2v) is 6.41. The lowest BCUT2D eigenvalue weighted by atomic mass is 9.95. The Morgan fingerprint density at radius 3 is 2.36 bits per heavy atom. The third-order valence-electron chi connectivity index (χ3n) is 4.36. The molecule has 132 valence electrons. The second kappa shape index (κ2) is 8.58. The van der Waals surface area contributed by atoms with Crippen LogP contribution in [0.5, 0.6) is 0 Å². The van der Waals surface area contributed by atoms with Gasteiger partial charge in [0.25, 0.3) is 5.91 Å². The molecule has 0 saturated carbocycles. The maximum atomic E-state index is 12.9. The third kappa shape index (κ3) is 4.77. The number of nitrogens with one attached hydrogen (secondary N) is 1. The Morgan fingerprint density at radius 2 is 1.72 bits per heavy atom. The zero-order valence-electron chi connectivity index (χ0n) is 15.0. The third-order valence-corrected chi connectivity index (χ3v) is 4.36. The van der Waals surface area contributed by atoms with Crippen LogP contribution < -0.4 is 5.32 Å². The van der Waals surface area contributed by atoms with Crippen LogP contribution in [0.4, 0.5) is 0 Å². The van der Waals surface area contributed by atoms with E-state index >= 15 is 0 Å². The van der Waals surface area contributed by atoms with Gasteiger partial charge in [-0.3, -0.25) is 9.59 Å². The summed E-state index contributed by atoms with van der Waals surface area (Å²) in [6.07, 6.45) is 1.32. The minimum atomic E-state index is -0.266. The lowest BCUT2D eigenvalue weighted by Crippen LogP contribution is -2.33. The van der Waals surface area contributed by atoms with Crippen molar-refractivity contribution in [2.75, 3.05) is 6.61 Å². The Balaban J connectivity index is 2.26. The van der Waals surface area contributed by atoms with Crippen LogP contribution in [0.3, 0.4) is 0 Å². The number of aliphatic hydroxyl groups excluding tert-OH is 1. The minimum Gasteiger partial charge on any atom is -0.396 e. The van der Waals surface area contributed by atoms with Crippen molar-refractivity contribution in [3.05, 3.63) is 70.3 Å². The van der Waals surface area contributed by atoms with E-state index in [1.807, 2.05) is 32.9 Å². The fourth-order valence-corrected chi connectivity index (χ4v) is 2.69. The van der Waals surface area contributed by atoms with Gasteiger partial charge >= 0.3 is 0 Å². The van der Waals surface area contributed by atoms with Crippen molar-refractivity contribution in [3.63, 3.8) is 0 Å². The molecule has 0 aromatic heterocycles. The predicted octanol–water partition coefficient (Wildman–Crippen LogP) is 3.43. The molecule has 0 aliphatic rings. The molecule has 1 amide bonds. The lowest BCUT2D eigenvalue weighted by Gasteiger charge is -2.15. The maximum absolute atomic E-state index is 12.9. The molecule has 2 N–H and O–H groups in total. The van der Waals surface area contributed by atoms with Gasteiger partial charge in [-0.05, 0) is 56.9 Å². The van der Waals surface area contributed by atoms with Crippen molar-refractivity contribution in [3.8, 4) is 0 Å². The molecule has 0 bridgehead atoms. The topological polar surface area (TPSA) is 66.4 Å². The van der Waals surface area contributed by atoms with E-state index < -0.39 is 0 Å². The van der Waals surface area contributed by atoms with Crippen molar-refractivity contribution >= 4 is 11.7 Å². The number of aliphatic hydroxyl groups is 1. The SMILES string of the molecule is Cc1ccc(C(=O)c2ccccc2C(=O)NC(C)CCCO)cc1C. The molecule has 0 spiro atoms. The fraction of sp³-hybridized carbons (Fsp3) is 0.333. The summed E-state index contributed by atoms with van der Waals surface area (Å²) < 4.78 is 0.